The van der Waals surface area contributed by atoms with Gasteiger partial charge in [-0.05, 0) is 42.0 Å². The topological polar surface area (TPSA) is 80.8 Å². The highest BCUT2D eigenvalue weighted by atomic mass is 32.2. The van der Waals surface area contributed by atoms with Gasteiger partial charge in [0, 0.05) is 31.5 Å². The van der Waals surface area contributed by atoms with Gasteiger partial charge in [-0.3, -0.25) is 14.5 Å². The smallest absolute Gasteiger partial charge is 0.326 e. The molecule has 32 heavy (non-hydrogen) atoms. The molecule has 6 nitrogen and oxygen atoms in total. The first-order valence-corrected chi connectivity index (χ1v) is 12.4. The lowest BCUT2D eigenvalue weighted by atomic mass is 9.96. The standard InChI is InChI=1S/C25H29NO5S/c1-25(24(28)31-2,32(3,29)30)14-17-26-15-12-23(13-16-26)22-10-8-21(9-11-22)20-6-4-19(18-27)5-7-20/h4-12,18H,13-17H2,1-3H3. The summed E-state index contributed by atoms with van der Waals surface area (Å²) in [5, 5.41) is 0. The fourth-order valence-corrected chi connectivity index (χ4v) is 4.68. The minimum atomic E-state index is -3.60. The van der Waals surface area contributed by atoms with E-state index in [-0.39, 0.29) is 6.42 Å². The normalized spacial score (nSPS) is 16.7. The Bertz CT molecular complexity index is 1100. The average molecular weight is 456 g/mol. The van der Waals surface area contributed by atoms with Gasteiger partial charge in [0.1, 0.15) is 6.29 Å². The predicted molar refractivity (Wildman–Crippen MR) is 126 cm³/mol. The van der Waals surface area contributed by atoms with Crippen molar-refractivity contribution in [3.63, 3.8) is 0 Å². The van der Waals surface area contributed by atoms with Crippen LogP contribution in [-0.4, -0.2) is 63.3 Å². The molecule has 0 aliphatic carbocycles. The van der Waals surface area contributed by atoms with Crippen molar-refractivity contribution >= 4 is 27.7 Å². The van der Waals surface area contributed by atoms with E-state index in [9.17, 15) is 18.0 Å². The van der Waals surface area contributed by atoms with Crippen LogP contribution in [0.15, 0.2) is 54.6 Å². The zero-order valence-corrected chi connectivity index (χ0v) is 19.5. The quantitative estimate of drug-likeness (QED) is 0.447. The first-order valence-electron chi connectivity index (χ1n) is 10.5. The van der Waals surface area contributed by atoms with Crippen LogP contribution in [0, 0.1) is 0 Å². The van der Waals surface area contributed by atoms with Gasteiger partial charge in [0.25, 0.3) is 0 Å². The molecule has 0 spiro atoms. The molecule has 0 saturated carbocycles. The van der Waals surface area contributed by atoms with Gasteiger partial charge in [-0.1, -0.05) is 54.6 Å². The third-order valence-corrected chi connectivity index (χ3v) is 8.28. The molecule has 1 aliphatic heterocycles. The van der Waals surface area contributed by atoms with Crippen LogP contribution in [0.2, 0.25) is 0 Å². The Labute approximate surface area is 189 Å². The Kier molecular flexibility index (Phi) is 7.31. The van der Waals surface area contributed by atoms with Gasteiger partial charge in [0.05, 0.1) is 7.11 Å². The Hall–Kier alpha value is -2.77. The lowest BCUT2D eigenvalue weighted by Gasteiger charge is -2.31. The van der Waals surface area contributed by atoms with Gasteiger partial charge in [0.2, 0.25) is 0 Å². The van der Waals surface area contributed by atoms with Crippen LogP contribution in [0.1, 0.15) is 35.7 Å². The molecule has 1 unspecified atom stereocenters. The van der Waals surface area contributed by atoms with E-state index in [4.69, 9.17) is 4.74 Å². The Balaban J connectivity index is 1.63. The second kappa shape index (κ2) is 9.79. The maximum Gasteiger partial charge on any atom is 0.326 e. The van der Waals surface area contributed by atoms with Crippen molar-refractivity contribution in [2.45, 2.75) is 24.5 Å². The van der Waals surface area contributed by atoms with Crippen LogP contribution in [0.5, 0.6) is 0 Å². The summed E-state index contributed by atoms with van der Waals surface area (Å²) < 4.78 is 27.6. The van der Waals surface area contributed by atoms with Gasteiger partial charge in [-0.2, -0.15) is 0 Å². The second-order valence-corrected chi connectivity index (χ2v) is 10.8. The molecule has 3 rings (SSSR count). The van der Waals surface area contributed by atoms with Gasteiger partial charge < -0.3 is 4.74 Å². The highest BCUT2D eigenvalue weighted by Gasteiger charge is 2.44. The van der Waals surface area contributed by atoms with Crippen molar-refractivity contribution in [3.8, 4) is 11.1 Å². The average Bonchev–Trinajstić information content (AvgIpc) is 2.81. The van der Waals surface area contributed by atoms with Crippen LogP contribution < -0.4 is 0 Å². The van der Waals surface area contributed by atoms with Crippen molar-refractivity contribution in [2.75, 3.05) is 33.0 Å². The summed E-state index contributed by atoms with van der Waals surface area (Å²) in [6.07, 6.45) is 5.12. The third kappa shape index (κ3) is 5.16. The van der Waals surface area contributed by atoms with E-state index in [1.54, 1.807) is 0 Å². The molecule has 2 aromatic carbocycles. The summed E-state index contributed by atoms with van der Waals surface area (Å²) in [4.78, 5) is 25.1. The Morgan fingerprint density at radius 1 is 1.06 bits per heavy atom. The number of methoxy groups -OCH3 is 1. The largest absolute Gasteiger partial charge is 0.468 e. The number of rotatable bonds is 8. The number of hydrogen-bond acceptors (Lipinski definition) is 6. The number of aldehydes is 1. The van der Waals surface area contributed by atoms with Crippen LogP contribution in [0.4, 0.5) is 0 Å². The molecule has 0 fully saturated rings. The highest BCUT2D eigenvalue weighted by molar-refractivity contribution is 7.92. The maximum atomic E-state index is 12.2. The van der Waals surface area contributed by atoms with Crippen molar-refractivity contribution < 1.29 is 22.7 Å². The highest BCUT2D eigenvalue weighted by Crippen LogP contribution is 2.28. The van der Waals surface area contributed by atoms with Crippen molar-refractivity contribution in [1.82, 2.24) is 4.90 Å². The van der Waals surface area contributed by atoms with Crippen LogP contribution in [0.3, 0.4) is 0 Å². The van der Waals surface area contributed by atoms with Crippen LogP contribution in [0.25, 0.3) is 16.7 Å². The molecule has 1 heterocycles. The van der Waals surface area contributed by atoms with E-state index in [1.807, 2.05) is 24.3 Å². The van der Waals surface area contributed by atoms with E-state index in [0.29, 0.717) is 18.7 Å². The molecule has 1 aliphatic rings. The fraction of sp³-hybridized carbons (Fsp3) is 0.360. The summed E-state index contributed by atoms with van der Waals surface area (Å²) in [6.45, 7) is 3.43. The Morgan fingerprint density at radius 2 is 1.62 bits per heavy atom. The molecule has 0 bridgehead atoms. The SMILES string of the molecule is COC(=O)C(C)(CCN1CC=C(c2ccc(-c3ccc(C=O)cc3)cc2)CC1)S(C)(=O)=O. The number of esters is 1. The summed E-state index contributed by atoms with van der Waals surface area (Å²) in [5.41, 5.74) is 5.22. The molecule has 7 heteroatoms. The zero-order valence-electron chi connectivity index (χ0n) is 18.7. The summed E-state index contributed by atoms with van der Waals surface area (Å²) in [7, 11) is -2.38. The maximum absolute atomic E-state index is 12.2. The molecule has 0 amide bonds. The summed E-state index contributed by atoms with van der Waals surface area (Å²) >= 11 is 0. The van der Waals surface area contributed by atoms with E-state index >= 15 is 0 Å². The molecule has 0 N–H and O–H groups in total. The molecular formula is C25H29NO5S. The number of sulfone groups is 1. The lowest BCUT2D eigenvalue weighted by molar-refractivity contribution is -0.143. The Morgan fingerprint density at radius 3 is 2.09 bits per heavy atom. The third-order valence-electron chi connectivity index (χ3n) is 6.27. The van der Waals surface area contributed by atoms with Crippen molar-refractivity contribution in [3.05, 3.63) is 65.7 Å². The fourth-order valence-electron chi connectivity index (χ4n) is 3.83. The molecule has 0 aromatic heterocycles. The monoisotopic (exact) mass is 455 g/mol. The van der Waals surface area contributed by atoms with Crippen LogP contribution in [-0.2, 0) is 19.4 Å². The number of nitrogens with zero attached hydrogens (tertiary/aromatic N) is 1. The summed E-state index contributed by atoms with van der Waals surface area (Å²) in [5.74, 6) is -0.714. The molecular weight excluding hydrogens is 426 g/mol. The first-order chi connectivity index (χ1) is 15.2. The van der Waals surface area contributed by atoms with Crippen molar-refractivity contribution in [1.29, 1.82) is 0 Å². The predicted octanol–water partition coefficient (Wildman–Crippen LogP) is 3.62. The van der Waals surface area contributed by atoms with Gasteiger partial charge in [-0.25, -0.2) is 8.42 Å². The second-order valence-electron chi connectivity index (χ2n) is 8.34. The minimum absolute atomic E-state index is 0.194. The number of hydrogen-bond donors (Lipinski definition) is 0. The zero-order chi connectivity index (χ0) is 23.4. The van der Waals surface area contributed by atoms with Crippen molar-refractivity contribution in [2.24, 2.45) is 0 Å². The van der Waals surface area contributed by atoms with E-state index in [2.05, 4.69) is 35.2 Å². The molecule has 0 radical (unpaired) electrons. The van der Waals surface area contributed by atoms with E-state index in [1.165, 1.54) is 19.6 Å². The molecule has 1 atom stereocenters. The lowest BCUT2D eigenvalue weighted by Crippen LogP contribution is -2.46. The van der Waals surface area contributed by atoms with Gasteiger partial charge in [0.15, 0.2) is 14.6 Å². The van der Waals surface area contributed by atoms with Gasteiger partial charge >= 0.3 is 5.97 Å². The number of benzene rings is 2. The van der Waals surface area contributed by atoms with Crippen LogP contribution >= 0.6 is 0 Å². The number of ether oxygens (including phenoxy) is 1. The minimum Gasteiger partial charge on any atom is -0.468 e. The summed E-state index contributed by atoms with van der Waals surface area (Å²) in [6, 6.07) is 15.8. The molecule has 2 aromatic rings. The molecule has 170 valence electrons. The molecule has 0 saturated heterocycles. The van der Waals surface area contributed by atoms with Gasteiger partial charge in [-0.15, -0.1) is 0 Å². The van der Waals surface area contributed by atoms with E-state index < -0.39 is 20.6 Å². The number of carbonyl (C=O) groups excluding carboxylic acids is 2. The number of carbonyl (C=O) groups is 2. The first kappa shape index (κ1) is 23.9. The van der Waals surface area contributed by atoms with E-state index in [0.717, 1.165) is 42.2 Å².